The van der Waals surface area contributed by atoms with Crippen LogP contribution in [-0.2, 0) is 14.8 Å². The van der Waals surface area contributed by atoms with Gasteiger partial charge in [0.25, 0.3) is 0 Å². The fourth-order valence-corrected chi connectivity index (χ4v) is 4.66. The Bertz CT molecular complexity index is 825. The van der Waals surface area contributed by atoms with Crippen LogP contribution >= 0.6 is 34.7 Å². The van der Waals surface area contributed by atoms with Crippen molar-refractivity contribution in [2.45, 2.75) is 21.4 Å². The van der Waals surface area contributed by atoms with Crippen molar-refractivity contribution in [2.75, 3.05) is 19.4 Å². The van der Waals surface area contributed by atoms with E-state index in [2.05, 4.69) is 15.5 Å². The van der Waals surface area contributed by atoms with Crippen molar-refractivity contribution < 1.29 is 13.2 Å². The first kappa shape index (κ1) is 19.1. The Morgan fingerprint density at radius 2 is 2.12 bits per heavy atom. The van der Waals surface area contributed by atoms with Crippen LogP contribution in [-0.4, -0.2) is 48.2 Å². The van der Waals surface area contributed by atoms with Gasteiger partial charge in [0, 0.05) is 19.8 Å². The van der Waals surface area contributed by atoms with Crippen LogP contribution in [0, 0.1) is 0 Å². The fraction of sp³-hybridized carbons (Fsp3) is 0.308. The van der Waals surface area contributed by atoms with Crippen LogP contribution in [0.15, 0.2) is 32.9 Å². The van der Waals surface area contributed by atoms with Crippen LogP contribution in [0.1, 0.15) is 6.92 Å². The van der Waals surface area contributed by atoms with E-state index in [4.69, 9.17) is 11.6 Å². The molecule has 1 atom stereocenters. The van der Waals surface area contributed by atoms with E-state index < -0.39 is 15.3 Å². The lowest BCUT2D eigenvalue weighted by atomic mass is 10.3. The molecule has 0 bridgehead atoms. The third kappa shape index (κ3) is 4.45. The van der Waals surface area contributed by atoms with Crippen LogP contribution in [0.3, 0.4) is 0 Å². The first-order valence-electron chi connectivity index (χ1n) is 6.67. The summed E-state index contributed by atoms with van der Waals surface area (Å²) in [6.45, 7) is 1.73. The summed E-state index contributed by atoms with van der Waals surface area (Å²) in [4.78, 5) is 12.2. The van der Waals surface area contributed by atoms with E-state index in [1.54, 1.807) is 18.5 Å². The molecular weight excluding hydrogens is 392 g/mol. The quantitative estimate of drug-likeness (QED) is 0.741. The maximum absolute atomic E-state index is 12.3. The summed E-state index contributed by atoms with van der Waals surface area (Å²) < 4.78 is 26.2. The SMILES string of the molecule is CC(Sc1nncs1)C(=O)Nc1ccc(Cl)c(S(=O)(=O)N(C)C)c1. The molecule has 130 valence electrons. The molecule has 7 nitrogen and oxygen atoms in total. The monoisotopic (exact) mass is 406 g/mol. The molecule has 1 N–H and O–H groups in total. The molecule has 1 aromatic carbocycles. The normalized spacial score (nSPS) is 13.0. The minimum atomic E-state index is -3.70. The van der Waals surface area contributed by atoms with Crippen molar-refractivity contribution in [1.82, 2.24) is 14.5 Å². The number of amides is 1. The highest BCUT2D eigenvalue weighted by Crippen LogP contribution is 2.28. The van der Waals surface area contributed by atoms with E-state index in [1.807, 2.05) is 0 Å². The van der Waals surface area contributed by atoms with Crippen molar-refractivity contribution in [2.24, 2.45) is 0 Å². The fourth-order valence-electron chi connectivity index (χ4n) is 1.64. The molecule has 0 saturated carbocycles. The molecule has 0 radical (unpaired) electrons. The predicted octanol–water partition coefficient (Wildman–Crippen LogP) is 2.56. The average Bonchev–Trinajstić information content (AvgIpc) is 3.01. The number of carbonyl (C=O) groups excluding carboxylic acids is 1. The van der Waals surface area contributed by atoms with E-state index in [0.717, 1.165) is 4.31 Å². The highest BCUT2D eigenvalue weighted by molar-refractivity contribution is 8.02. The smallest absolute Gasteiger partial charge is 0.244 e. The molecular formula is C13H15ClN4O3S3. The third-order valence-electron chi connectivity index (χ3n) is 2.94. The molecule has 2 rings (SSSR count). The van der Waals surface area contributed by atoms with Crippen molar-refractivity contribution in [3.05, 3.63) is 28.7 Å². The van der Waals surface area contributed by atoms with Crippen LogP contribution in [0.4, 0.5) is 5.69 Å². The topological polar surface area (TPSA) is 92.3 Å². The summed E-state index contributed by atoms with van der Waals surface area (Å²) in [5, 5.41) is 9.95. The van der Waals surface area contributed by atoms with Gasteiger partial charge in [-0.15, -0.1) is 10.2 Å². The van der Waals surface area contributed by atoms with Gasteiger partial charge in [-0.2, -0.15) is 0 Å². The summed E-state index contributed by atoms with van der Waals surface area (Å²) in [6, 6.07) is 4.34. The lowest BCUT2D eigenvalue weighted by Crippen LogP contribution is -2.24. The van der Waals surface area contributed by atoms with Crippen molar-refractivity contribution in [3.63, 3.8) is 0 Å². The standard InChI is InChI=1S/C13H15ClN4O3S3/c1-8(23-13-17-15-7-22-13)12(19)16-9-4-5-10(14)11(6-9)24(20,21)18(2)3/h4-8H,1-3H3,(H,16,19). The highest BCUT2D eigenvalue weighted by Gasteiger charge is 2.22. The Labute approximate surface area is 153 Å². The molecule has 1 heterocycles. The van der Waals surface area contributed by atoms with E-state index in [1.165, 1.54) is 49.3 Å². The molecule has 1 unspecified atom stereocenters. The number of nitrogens with one attached hydrogen (secondary N) is 1. The summed E-state index contributed by atoms with van der Waals surface area (Å²) in [5.41, 5.74) is 1.94. The first-order chi connectivity index (χ1) is 11.2. The summed E-state index contributed by atoms with van der Waals surface area (Å²) >= 11 is 8.60. The number of nitrogens with zero attached hydrogens (tertiary/aromatic N) is 3. The summed E-state index contributed by atoms with van der Waals surface area (Å²) in [7, 11) is -0.870. The number of anilines is 1. The van der Waals surface area contributed by atoms with Crippen molar-refractivity contribution in [1.29, 1.82) is 0 Å². The molecule has 11 heteroatoms. The first-order valence-corrected chi connectivity index (χ1v) is 10.3. The minimum Gasteiger partial charge on any atom is -0.325 e. The Morgan fingerprint density at radius 1 is 1.42 bits per heavy atom. The Kier molecular flexibility index (Phi) is 6.21. The van der Waals surface area contributed by atoms with E-state index >= 15 is 0 Å². The molecule has 24 heavy (non-hydrogen) atoms. The van der Waals surface area contributed by atoms with Crippen LogP contribution < -0.4 is 5.32 Å². The number of aromatic nitrogens is 2. The van der Waals surface area contributed by atoms with Crippen molar-refractivity contribution >= 4 is 56.3 Å². The third-order valence-corrected chi connectivity index (χ3v) is 7.15. The van der Waals surface area contributed by atoms with Gasteiger partial charge in [-0.05, 0) is 25.1 Å². The summed E-state index contributed by atoms with van der Waals surface area (Å²) in [5.74, 6) is -0.272. The lowest BCUT2D eigenvalue weighted by Gasteiger charge is -2.15. The number of sulfonamides is 1. The lowest BCUT2D eigenvalue weighted by molar-refractivity contribution is -0.115. The number of hydrogen-bond donors (Lipinski definition) is 1. The van der Waals surface area contributed by atoms with Crippen LogP contribution in [0.2, 0.25) is 5.02 Å². The van der Waals surface area contributed by atoms with Crippen molar-refractivity contribution in [3.8, 4) is 0 Å². The zero-order chi connectivity index (χ0) is 17.9. The van der Waals surface area contributed by atoms with Gasteiger partial charge in [0.15, 0.2) is 4.34 Å². The van der Waals surface area contributed by atoms with E-state index in [0.29, 0.717) is 10.0 Å². The van der Waals surface area contributed by atoms with Gasteiger partial charge >= 0.3 is 0 Å². The number of rotatable bonds is 6. The number of benzene rings is 1. The predicted molar refractivity (Wildman–Crippen MR) is 96.2 cm³/mol. The number of halogens is 1. The van der Waals surface area contributed by atoms with Gasteiger partial charge < -0.3 is 5.32 Å². The maximum Gasteiger partial charge on any atom is 0.244 e. The highest BCUT2D eigenvalue weighted by atomic mass is 35.5. The zero-order valence-electron chi connectivity index (χ0n) is 13.1. The molecule has 1 amide bonds. The number of thioether (sulfide) groups is 1. The van der Waals surface area contributed by atoms with Gasteiger partial charge in [0.1, 0.15) is 10.4 Å². The molecule has 0 aliphatic rings. The van der Waals surface area contributed by atoms with Gasteiger partial charge in [0.2, 0.25) is 15.9 Å². The van der Waals surface area contributed by atoms with Crippen LogP contribution in [0.25, 0.3) is 0 Å². The molecule has 2 aromatic rings. The number of hydrogen-bond acceptors (Lipinski definition) is 7. The second-order valence-corrected chi connectivity index (χ2v) is 9.84. The average molecular weight is 407 g/mol. The molecule has 0 saturated heterocycles. The second kappa shape index (κ2) is 7.79. The van der Waals surface area contributed by atoms with E-state index in [9.17, 15) is 13.2 Å². The van der Waals surface area contributed by atoms with Gasteiger partial charge in [-0.1, -0.05) is 34.7 Å². The van der Waals surface area contributed by atoms with Crippen LogP contribution in [0.5, 0.6) is 0 Å². The van der Waals surface area contributed by atoms with Gasteiger partial charge in [0.05, 0.1) is 10.3 Å². The molecule has 0 aliphatic carbocycles. The van der Waals surface area contributed by atoms with E-state index in [-0.39, 0.29) is 15.8 Å². The Hall–Kier alpha value is -1.20. The van der Waals surface area contributed by atoms with Gasteiger partial charge in [-0.25, -0.2) is 12.7 Å². The molecule has 1 aromatic heterocycles. The molecule has 0 aliphatic heterocycles. The summed E-state index contributed by atoms with van der Waals surface area (Å²) in [6.07, 6.45) is 0. The molecule has 0 spiro atoms. The molecule has 0 fully saturated rings. The second-order valence-electron chi connectivity index (χ2n) is 4.89. The Balaban J connectivity index is 2.17. The largest absolute Gasteiger partial charge is 0.325 e. The van der Waals surface area contributed by atoms with Gasteiger partial charge in [-0.3, -0.25) is 4.79 Å². The maximum atomic E-state index is 12.3. The minimum absolute atomic E-state index is 0.0589. The zero-order valence-corrected chi connectivity index (χ0v) is 16.3. The number of carbonyl (C=O) groups is 1. The Morgan fingerprint density at radius 3 is 2.71 bits per heavy atom.